The van der Waals surface area contributed by atoms with Gasteiger partial charge in [0.05, 0.1) is 10.5 Å². The van der Waals surface area contributed by atoms with Crippen molar-refractivity contribution in [2.24, 2.45) is 0 Å². The van der Waals surface area contributed by atoms with Gasteiger partial charge in [-0.2, -0.15) is 13.2 Å². The van der Waals surface area contributed by atoms with Gasteiger partial charge in [0.1, 0.15) is 10.7 Å². The molecule has 0 aliphatic heterocycles. The van der Waals surface area contributed by atoms with E-state index in [2.05, 4.69) is 10.3 Å². The number of benzene rings is 1. The lowest BCUT2D eigenvalue weighted by Gasteiger charge is -2.09. The van der Waals surface area contributed by atoms with Gasteiger partial charge < -0.3 is 5.32 Å². The van der Waals surface area contributed by atoms with Gasteiger partial charge in [0, 0.05) is 18.0 Å². The van der Waals surface area contributed by atoms with Gasteiger partial charge in [-0.1, -0.05) is 11.6 Å². The highest BCUT2D eigenvalue weighted by molar-refractivity contribution is 6.29. The van der Waals surface area contributed by atoms with E-state index < -0.39 is 33.8 Å². The van der Waals surface area contributed by atoms with Crippen LogP contribution in [0.1, 0.15) is 15.9 Å². The van der Waals surface area contributed by atoms with Crippen molar-refractivity contribution in [3.05, 3.63) is 62.9 Å². The van der Waals surface area contributed by atoms with Gasteiger partial charge >= 0.3 is 6.18 Å². The third-order valence-electron chi connectivity index (χ3n) is 2.75. The lowest BCUT2D eigenvalue weighted by atomic mass is 10.1. The maximum atomic E-state index is 12.6. The number of rotatable bonds is 3. The van der Waals surface area contributed by atoms with Crippen molar-refractivity contribution in [2.75, 3.05) is 5.32 Å². The smallest absolute Gasteiger partial charge is 0.322 e. The van der Waals surface area contributed by atoms with Gasteiger partial charge in [0.25, 0.3) is 11.6 Å². The zero-order valence-corrected chi connectivity index (χ0v) is 11.9. The van der Waals surface area contributed by atoms with Crippen molar-refractivity contribution in [3.63, 3.8) is 0 Å². The summed E-state index contributed by atoms with van der Waals surface area (Å²) in [6.07, 6.45) is -3.46. The Bertz CT molecular complexity index is 781. The summed E-state index contributed by atoms with van der Waals surface area (Å²) in [6.45, 7) is 0. The summed E-state index contributed by atoms with van der Waals surface area (Å²) in [6, 6.07) is 4.32. The Labute approximate surface area is 132 Å². The minimum atomic E-state index is -4.75. The third kappa shape index (κ3) is 3.95. The number of carbonyl (C=O) groups excluding carboxylic acids is 1. The highest BCUT2D eigenvalue weighted by Gasteiger charge is 2.34. The van der Waals surface area contributed by atoms with E-state index in [0.29, 0.717) is 12.1 Å². The summed E-state index contributed by atoms with van der Waals surface area (Å²) in [4.78, 5) is 25.6. The Morgan fingerprint density at radius 3 is 2.52 bits per heavy atom. The summed E-state index contributed by atoms with van der Waals surface area (Å²) in [5.41, 5.74) is -2.47. The largest absolute Gasteiger partial charge is 0.416 e. The fourth-order valence-electron chi connectivity index (χ4n) is 1.73. The molecule has 0 saturated heterocycles. The number of alkyl halides is 3. The number of nitrogens with one attached hydrogen (secondary N) is 1. The molecule has 120 valence electrons. The molecule has 0 saturated carbocycles. The van der Waals surface area contributed by atoms with Crippen LogP contribution in [0.25, 0.3) is 0 Å². The van der Waals surface area contributed by atoms with E-state index >= 15 is 0 Å². The van der Waals surface area contributed by atoms with Crippen molar-refractivity contribution < 1.29 is 22.9 Å². The highest BCUT2D eigenvalue weighted by atomic mass is 35.5. The second kappa shape index (κ2) is 6.21. The van der Waals surface area contributed by atoms with Crippen LogP contribution in [0.2, 0.25) is 5.15 Å². The van der Waals surface area contributed by atoms with Crippen LogP contribution >= 0.6 is 11.6 Å². The molecular weight excluding hydrogens is 339 g/mol. The Morgan fingerprint density at radius 1 is 1.26 bits per heavy atom. The van der Waals surface area contributed by atoms with E-state index in [0.717, 1.165) is 6.07 Å². The zero-order valence-electron chi connectivity index (χ0n) is 11.1. The van der Waals surface area contributed by atoms with Gasteiger partial charge in [-0.25, -0.2) is 4.98 Å². The van der Waals surface area contributed by atoms with Crippen LogP contribution in [0.5, 0.6) is 0 Å². The van der Waals surface area contributed by atoms with Crippen LogP contribution in [0.3, 0.4) is 0 Å². The minimum Gasteiger partial charge on any atom is -0.322 e. The minimum absolute atomic E-state index is 0.0738. The number of carbonyl (C=O) groups is 1. The van der Waals surface area contributed by atoms with Crippen molar-refractivity contribution in [2.45, 2.75) is 6.18 Å². The number of hydrogen-bond acceptors (Lipinski definition) is 4. The van der Waals surface area contributed by atoms with Crippen molar-refractivity contribution in [3.8, 4) is 0 Å². The van der Waals surface area contributed by atoms with Crippen LogP contribution in [0, 0.1) is 10.1 Å². The molecule has 1 aromatic heterocycles. The molecule has 1 aromatic carbocycles. The van der Waals surface area contributed by atoms with Crippen LogP contribution < -0.4 is 5.32 Å². The van der Waals surface area contributed by atoms with Crippen LogP contribution in [0.15, 0.2) is 36.5 Å². The molecule has 1 amide bonds. The average molecular weight is 346 g/mol. The first-order valence-electron chi connectivity index (χ1n) is 5.97. The van der Waals surface area contributed by atoms with Crippen molar-refractivity contribution in [1.29, 1.82) is 0 Å². The fourth-order valence-corrected chi connectivity index (χ4v) is 1.90. The maximum Gasteiger partial charge on any atom is 0.416 e. The molecule has 23 heavy (non-hydrogen) atoms. The average Bonchev–Trinajstić information content (AvgIpc) is 2.45. The first-order valence-corrected chi connectivity index (χ1v) is 6.35. The number of nitro benzene ring substituents is 1. The lowest BCUT2D eigenvalue weighted by molar-refractivity contribution is -0.385. The molecule has 0 fully saturated rings. The lowest BCUT2D eigenvalue weighted by Crippen LogP contribution is -2.15. The van der Waals surface area contributed by atoms with Crippen LogP contribution in [-0.2, 0) is 6.18 Å². The molecule has 0 spiro atoms. The predicted octanol–water partition coefficient (Wildman–Crippen LogP) is 3.91. The Morgan fingerprint density at radius 2 is 1.96 bits per heavy atom. The van der Waals surface area contributed by atoms with Gasteiger partial charge in [-0.3, -0.25) is 14.9 Å². The van der Waals surface area contributed by atoms with E-state index in [1.807, 2.05) is 0 Å². The van der Waals surface area contributed by atoms with Gasteiger partial charge in [-0.05, 0) is 24.3 Å². The van der Waals surface area contributed by atoms with E-state index in [4.69, 9.17) is 11.6 Å². The zero-order chi connectivity index (χ0) is 17.2. The molecule has 1 N–H and O–H groups in total. The molecule has 0 radical (unpaired) electrons. The molecular formula is C13H7ClF3N3O3. The Hall–Kier alpha value is -2.68. The molecule has 0 atom stereocenters. The summed E-state index contributed by atoms with van der Waals surface area (Å²) in [7, 11) is 0. The highest BCUT2D eigenvalue weighted by Crippen LogP contribution is 2.33. The number of amides is 1. The van der Waals surface area contributed by atoms with E-state index in [1.165, 1.54) is 18.3 Å². The number of nitro groups is 1. The number of aromatic nitrogens is 1. The van der Waals surface area contributed by atoms with E-state index in [-0.39, 0.29) is 10.8 Å². The quantitative estimate of drug-likeness (QED) is 0.519. The summed E-state index contributed by atoms with van der Waals surface area (Å²) in [5.74, 6) is -0.937. The summed E-state index contributed by atoms with van der Waals surface area (Å²) >= 11 is 5.63. The molecule has 2 aromatic rings. The Kier molecular flexibility index (Phi) is 4.50. The SMILES string of the molecule is O=C(Nc1ccnc(Cl)c1)c1ccc(C(F)(F)F)cc1[N+](=O)[O-]. The number of nitrogens with zero attached hydrogens (tertiary/aromatic N) is 2. The van der Waals surface area contributed by atoms with Gasteiger partial charge in [0.2, 0.25) is 0 Å². The van der Waals surface area contributed by atoms with Crippen molar-refractivity contribution in [1.82, 2.24) is 4.98 Å². The molecule has 1 heterocycles. The molecule has 6 nitrogen and oxygen atoms in total. The topological polar surface area (TPSA) is 85.1 Å². The monoisotopic (exact) mass is 345 g/mol. The number of pyridine rings is 1. The molecule has 0 aliphatic carbocycles. The molecule has 10 heteroatoms. The van der Waals surface area contributed by atoms with E-state index in [1.54, 1.807) is 0 Å². The molecule has 0 aliphatic rings. The fraction of sp³-hybridized carbons (Fsp3) is 0.0769. The Balaban J connectivity index is 2.38. The van der Waals surface area contributed by atoms with Crippen LogP contribution in [-0.4, -0.2) is 15.8 Å². The number of hydrogen-bond donors (Lipinski definition) is 1. The van der Waals surface area contributed by atoms with Gasteiger partial charge in [0.15, 0.2) is 0 Å². The van der Waals surface area contributed by atoms with Gasteiger partial charge in [-0.15, -0.1) is 0 Å². The van der Waals surface area contributed by atoms with Crippen LogP contribution in [0.4, 0.5) is 24.5 Å². The standard InChI is InChI=1S/C13H7ClF3N3O3/c14-11-6-8(3-4-18-11)19-12(21)9-2-1-7(13(15,16)17)5-10(9)20(22)23/h1-6H,(H,18,19,21). The maximum absolute atomic E-state index is 12.6. The van der Waals surface area contributed by atoms with Crippen molar-refractivity contribution >= 4 is 28.9 Å². The second-order valence-corrected chi connectivity index (χ2v) is 4.70. The molecule has 2 rings (SSSR count). The normalized spacial score (nSPS) is 11.1. The summed E-state index contributed by atoms with van der Waals surface area (Å²) < 4.78 is 37.8. The molecule has 0 unspecified atom stereocenters. The predicted molar refractivity (Wildman–Crippen MR) is 75.3 cm³/mol. The second-order valence-electron chi connectivity index (χ2n) is 4.31. The number of anilines is 1. The molecule has 0 bridgehead atoms. The summed E-state index contributed by atoms with van der Waals surface area (Å²) in [5, 5.41) is 13.3. The third-order valence-corrected chi connectivity index (χ3v) is 2.96. The first kappa shape index (κ1) is 16.7. The first-order chi connectivity index (χ1) is 10.7. The number of halogens is 4. The van der Waals surface area contributed by atoms with E-state index in [9.17, 15) is 28.1 Å².